The van der Waals surface area contributed by atoms with Crippen LogP contribution in [0.3, 0.4) is 0 Å². The van der Waals surface area contributed by atoms with Crippen LogP contribution in [-0.2, 0) is 59.3 Å². The molecule has 0 fully saturated rings. The molecular formula is C34H49O9P3. The quantitative estimate of drug-likeness (QED) is 0.0795. The Morgan fingerprint density at radius 1 is 0.391 bits per heavy atom. The molecule has 3 rings (SSSR count). The summed E-state index contributed by atoms with van der Waals surface area (Å²) in [6.45, 7) is 12.6. The third kappa shape index (κ3) is 11.4. The molecule has 0 bridgehead atoms. The second kappa shape index (κ2) is 18.6. The molecule has 0 aliphatic heterocycles. The Bertz CT molecular complexity index is 1270. The molecule has 0 heterocycles. The number of benzene rings is 3. The normalized spacial score (nSPS) is 12.6. The Kier molecular flexibility index (Phi) is 15.6. The summed E-state index contributed by atoms with van der Waals surface area (Å²) in [4.78, 5) is 0. The van der Waals surface area contributed by atoms with Gasteiger partial charge in [0.25, 0.3) is 0 Å². The Morgan fingerprint density at radius 2 is 0.587 bits per heavy atom. The maximum absolute atomic E-state index is 13.2. The third-order valence-corrected chi connectivity index (χ3v) is 13.2. The smallest absolute Gasteiger partial charge is 0.309 e. The van der Waals surface area contributed by atoms with Gasteiger partial charge in [-0.05, 0) is 74.9 Å². The lowest BCUT2D eigenvalue weighted by Crippen LogP contribution is -2.05. The summed E-state index contributed by atoms with van der Waals surface area (Å²) in [5.41, 5.74) is 5.62. The number of rotatable bonds is 21. The molecule has 3 aromatic carbocycles. The van der Waals surface area contributed by atoms with E-state index in [1.165, 1.54) is 0 Å². The van der Waals surface area contributed by atoms with Crippen molar-refractivity contribution < 1.29 is 40.8 Å². The molecule has 0 atom stereocenters. The van der Waals surface area contributed by atoms with Crippen LogP contribution >= 0.6 is 22.8 Å². The van der Waals surface area contributed by atoms with E-state index in [0.717, 1.165) is 33.4 Å². The van der Waals surface area contributed by atoms with Gasteiger partial charge >= 0.3 is 22.8 Å². The largest absolute Gasteiger partial charge is 0.335 e. The van der Waals surface area contributed by atoms with Crippen molar-refractivity contribution in [2.75, 3.05) is 39.6 Å². The first-order chi connectivity index (χ1) is 22.0. The van der Waals surface area contributed by atoms with Gasteiger partial charge in [-0.15, -0.1) is 0 Å². The fraction of sp³-hybridized carbons (Fsp3) is 0.471. The van der Waals surface area contributed by atoms with Gasteiger partial charge in [0.05, 0.1) is 58.1 Å². The summed E-state index contributed by atoms with van der Waals surface area (Å²) < 4.78 is 72.5. The van der Waals surface area contributed by atoms with E-state index in [9.17, 15) is 13.7 Å². The molecule has 0 saturated carbocycles. The standard InChI is InChI=1S/C34H49O9P3/c1-7-38-44(35,39-8-2)25-28-13-19-31(20-14-28)34(32-21-15-29(16-22-32)26-45(36,40-9-3)41-10-4)33-23-17-30(18-24-33)27-46(37,42-11-5)43-12-6/h13-24,34H,7-12,25-27H2,1-6H3. The van der Waals surface area contributed by atoms with Crippen molar-refractivity contribution in [1.82, 2.24) is 0 Å². The van der Waals surface area contributed by atoms with Crippen LogP contribution in [-0.4, -0.2) is 39.6 Å². The van der Waals surface area contributed by atoms with Crippen molar-refractivity contribution in [3.63, 3.8) is 0 Å². The molecule has 12 heteroatoms. The fourth-order valence-corrected chi connectivity index (χ4v) is 10.4. The highest BCUT2D eigenvalue weighted by atomic mass is 31.2. The van der Waals surface area contributed by atoms with Gasteiger partial charge in [-0.2, -0.15) is 0 Å². The first kappa shape index (κ1) is 38.6. The van der Waals surface area contributed by atoms with Crippen LogP contribution in [0.1, 0.15) is 80.8 Å². The molecule has 254 valence electrons. The van der Waals surface area contributed by atoms with Crippen LogP contribution in [0.4, 0.5) is 0 Å². The zero-order chi connectivity index (χ0) is 33.6. The average Bonchev–Trinajstić information content (AvgIpc) is 3.00. The SMILES string of the molecule is CCOP(=O)(Cc1ccc(C(c2ccc(CP(=O)(OCC)OCC)cc2)c2ccc(CP(=O)(OCC)OCC)cc2)cc1)OCC. The minimum absolute atomic E-state index is 0.154. The van der Waals surface area contributed by atoms with Gasteiger partial charge in [0, 0.05) is 5.92 Å². The predicted molar refractivity (Wildman–Crippen MR) is 184 cm³/mol. The van der Waals surface area contributed by atoms with Crippen LogP contribution in [0.25, 0.3) is 0 Å². The number of hydrogen-bond acceptors (Lipinski definition) is 9. The van der Waals surface area contributed by atoms with E-state index in [-0.39, 0.29) is 24.4 Å². The van der Waals surface area contributed by atoms with Crippen molar-refractivity contribution in [2.45, 2.75) is 65.9 Å². The first-order valence-electron chi connectivity index (χ1n) is 16.0. The monoisotopic (exact) mass is 694 g/mol. The van der Waals surface area contributed by atoms with E-state index >= 15 is 0 Å². The molecule has 0 unspecified atom stereocenters. The molecular weight excluding hydrogens is 645 g/mol. The zero-order valence-corrected chi connectivity index (χ0v) is 30.6. The lowest BCUT2D eigenvalue weighted by Gasteiger charge is -2.22. The maximum atomic E-state index is 13.2. The van der Waals surface area contributed by atoms with E-state index in [0.29, 0.717) is 39.6 Å². The molecule has 3 aromatic rings. The lowest BCUT2D eigenvalue weighted by atomic mass is 9.84. The molecule has 9 nitrogen and oxygen atoms in total. The zero-order valence-electron chi connectivity index (χ0n) is 27.9. The molecule has 0 saturated heterocycles. The van der Waals surface area contributed by atoms with Crippen molar-refractivity contribution in [3.05, 3.63) is 106 Å². The molecule has 0 aliphatic carbocycles. The van der Waals surface area contributed by atoms with Crippen molar-refractivity contribution in [2.24, 2.45) is 0 Å². The van der Waals surface area contributed by atoms with Crippen LogP contribution in [0.5, 0.6) is 0 Å². The maximum Gasteiger partial charge on any atom is 0.335 e. The number of hydrogen-bond donors (Lipinski definition) is 0. The lowest BCUT2D eigenvalue weighted by molar-refractivity contribution is 0.218. The summed E-state index contributed by atoms with van der Waals surface area (Å²) in [6, 6.07) is 23.9. The Balaban J connectivity index is 1.98. The van der Waals surface area contributed by atoms with Crippen LogP contribution in [0.2, 0.25) is 0 Å². The van der Waals surface area contributed by atoms with Crippen molar-refractivity contribution in [1.29, 1.82) is 0 Å². The van der Waals surface area contributed by atoms with Crippen LogP contribution in [0.15, 0.2) is 72.8 Å². The Hall–Kier alpha value is -1.89. The van der Waals surface area contributed by atoms with Gasteiger partial charge in [-0.25, -0.2) is 0 Å². The van der Waals surface area contributed by atoms with E-state index in [2.05, 4.69) is 0 Å². The summed E-state index contributed by atoms with van der Waals surface area (Å²) in [5, 5.41) is 0. The Labute approximate surface area is 274 Å². The Morgan fingerprint density at radius 3 is 0.761 bits per heavy atom. The highest BCUT2D eigenvalue weighted by molar-refractivity contribution is 7.53. The van der Waals surface area contributed by atoms with Gasteiger partial charge in [0.1, 0.15) is 0 Å². The van der Waals surface area contributed by atoms with Gasteiger partial charge in [-0.1, -0.05) is 72.8 Å². The van der Waals surface area contributed by atoms with E-state index in [1.54, 1.807) is 41.5 Å². The molecule has 0 amide bonds. The summed E-state index contributed by atoms with van der Waals surface area (Å²) in [7, 11) is -9.75. The second-order valence-corrected chi connectivity index (χ2v) is 16.6. The fourth-order valence-electron chi connectivity index (χ4n) is 5.26. The molecule has 0 aromatic heterocycles. The highest BCUT2D eigenvalue weighted by Crippen LogP contribution is 2.53. The molecule has 0 radical (unpaired) electrons. The summed E-state index contributed by atoms with van der Waals surface area (Å²) >= 11 is 0. The average molecular weight is 695 g/mol. The molecule has 0 spiro atoms. The third-order valence-electron chi connectivity index (χ3n) is 7.02. The molecule has 46 heavy (non-hydrogen) atoms. The summed E-state index contributed by atoms with van der Waals surface area (Å²) in [5.74, 6) is -0.154. The van der Waals surface area contributed by atoms with Crippen molar-refractivity contribution in [3.8, 4) is 0 Å². The second-order valence-electron chi connectivity index (χ2n) is 10.5. The van der Waals surface area contributed by atoms with Crippen molar-refractivity contribution >= 4 is 22.8 Å². The predicted octanol–water partition coefficient (Wildman–Crippen LogP) is 10.2. The topological polar surface area (TPSA) is 107 Å². The van der Waals surface area contributed by atoms with Gasteiger partial charge in [-0.3, -0.25) is 13.7 Å². The van der Waals surface area contributed by atoms with E-state index < -0.39 is 22.8 Å². The highest BCUT2D eigenvalue weighted by Gasteiger charge is 2.27. The summed E-state index contributed by atoms with van der Waals surface area (Å²) in [6.07, 6.45) is 0.549. The minimum Gasteiger partial charge on any atom is -0.309 e. The van der Waals surface area contributed by atoms with Gasteiger partial charge in [0.2, 0.25) is 0 Å². The van der Waals surface area contributed by atoms with Crippen LogP contribution in [0, 0.1) is 0 Å². The molecule has 0 N–H and O–H groups in total. The minimum atomic E-state index is -3.25. The van der Waals surface area contributed by atoms with E-state index in [1.807, 2.05) is 72.8 Å². The molecule has 0 aliphatic rings. The van der Waals surface area contributed by atoms with Gasteiger partial charge in [0.15, 0.2) is 0 Å². The van der Waals surface area contributed by atoms with E-state index in [4.69, 9.17) is 27.1 Å². The van der Waals surface area contributed by atoms with Crippen LogP contribution < -0.4 is 0 Å². The first-order valence-corrected chi connectivity index (χ1v) is 21.1. The van der Waals surface area contributed by atoms with Gasteiger partial charge < -0.3 is 27.1 Å².